The average Bonchev–Trinajstić information content (AvgIpc) is 2.67. The van der Waals surface area contributed by atoms with Gasteiger partial charge in [-0.25, -0.2) is 0 Å². The molecular weight excluding hydrogens is 316 g/mol. The van der Waals surface area contributed by atoms with Crippen molar-refractivity contribution in [1.82, 2.24) is 0 Å². The first-order chi connectivity index (χ1) is 12.7. The number of hydrogen-bond acceptors (Lipinski definition) is 1. The predicted molar refractivity (Wildman–Crippen MR) is 112 cm³/mol. The van der Waals surface area contributed by atoms with E-state index in [1.807, 2.05) is 0 Å². The maximum atomic E-state index is 6.23. The second-order valence-corrected chi connectivity index (χ2v) is 10.1. The van der Waals surface area contributed by atoms with Crippen molar-refractivity contribution >= 4 is 0 Å². The molecule has 0 aromatic rings. The minimum Gasteiger partial charge on any atom is -0.378 e. The Balaban J connectivity index is 1.19. The lowest BCUT2D eigenvalue weighted by molar-refractivity contribution is 0.0130. The maximum absolute atomic E-state index is 6.23. The van der Waals surface area contributed by atoms with Crippen LogP contribution < -0.4 is 0 Å². The fourth-order valence-electron chi connectivity index (χ4n) is 5.67. The summed E-state index contributed by atoms with van der Waals surface area (Å²) in [6, 6.07) is 0. The van der Waals surface area contributed by atoms with Gasteiger partial charge in [0.2, 0.25) is 0 Å². The molecule has 0 aromatic carbocycles. The Morgan fingerprint density at radius 2 is 1.27 bits per heavy atom. The third-order valence-electron chi connectivity index (χ3n) is 7.83. The molecule has 3 aliphatic rings. The Morgan fingerprint density at radius 3 is 1.88 bits per heavy atom. The Morgan fingerprint density at radius 1 is 0.731 bits per heavy atom. The molecule has 150 valence electrons. The highest BCUT2D eigenvalue weighted by molar-refractivity contribution is 4.98. The molecule has 3 saturated carbocycles. The first kappa shape index (κ1) is 20.4. The van der Waals surface area contributed by atoms with Gasteiger partial charge in [-0.1, -0.05) is 57.6 Å². The van der Waals surface area contributed by atoms with E-state index in [4.69, 9.17) is 4.74 Å². The first-order valence-electron chi connectivity index (χ1n) is 12.0. The second kappa shape index (κ2) is 10.9. The Bertz CT molecular complexity index is 388. The van der Waals surface area contributed by atoms with Gasteiger partial charge < -0.3 is 4.74 Å². The van der Waals surface area contributed by atoms with Gasteiger partial charge in [0.15, 0.2) is 0 Å². The molecule has 1 heteroatoms. The summed E-state index contributed by atoms with van der Waals surface area (Å²) >= 11 is 0. The van der Waals surface area contributed by atoms with Crippen LogP contribution in [0.4, 0.5) is 0 Å². The molecule has 0 unspecified atom stereocenters. The maximum Gasteiger partial charge on any atom is 0.0575 e. The zero-order valence-corrected chi connectivity index (χ0v) is 17.5. The SMILES string of the molecule is C=C1CCC(CCCOC2CCC(CCC3CCC(C)CC3)CC2)CC1. The highest BCUT2D eigenvalue weighted by Gasteiger charge is 2.24. The molecule has 0 heterocycles. The minimum atomic E-state index is 0.577. The topological polar surface area (TPSA) is 9.23 Å². The van der Waals surface area contributed by atoms with E-state index in [0.717, 1.165) is 30.3 Å². The molecular formula is C25H44O. The van der Waals surface area contributed by atoms with Crippen LogP contribution in [0.2, 0.25) is 0 Å². The van der Waals surface area contributed by atoms with Crippen molar-refractivity contribution in [3.63, 3.8) is 0 Å². The van der Waals surface area contributed by atoms with Crippen LogP contribution >= 0.6 is 0 Å². The summed E-state index contributed by atoms with van der Waals surface area (Å²) in [6.07, 6.45) is 23.1. The van der Waals surface area contributed by atoms with E-state index in [2.05, 4.69) is 13.5 Å². The van der Waals surface area contributed by atoms with Gasteiger partial charge in [0.1, 0.15) is 0 Å². The average molecular weight is 361 g/mol. The second-order valence-electron chi connectivity index (χ2n) is 10.1. The molecule has 26 heavy (non-hydrogen) atoms. The zero-order chi connectivity index (χ0) is 18.2. The molecule has 0 amide bonds. The van der Waals surface area contributed by atoms with Gasteiger partial charge in [0, 0.05) is 6.61 Å². The lowest BCUT2D eigenvalue weighted by Crippen LogP contribution is -2.23. The molecule has 0 bridgehead atoms. The van der Waals surface area contributed by atoms with Crippen molar-refractivity contribution in [2.75, 3.05) is 6.61 Å². The van der Waals surface area contributed by atoms with Crippen LogP contribution in [0.5, 0.6) is 0 Å². The fraction of sp³-hybridized carbons (Fsp3) is 0.920. The molecule has 0 aromatic heterocycles. The van der Waals surface area contributed by atoms with Crippen molar-refractivity contribution < 1.29 is 4.74 Å². The van der Waals surface area contributed by atoms with Crippen LogP contribution in [-0.2, 0) is 4.74 Å². The summed E-state index contributed by atoms with van der Waals surface area (Å²) in [4.78, 5) is 0. The zero-order valence-electron chi connectivity index (χ0n) is 17.5. The van der Waals surface area contributed by atoms with Crippen LogP contribution in [0.25, 0.3) is 0 Å². The molecule has 3 rings (SSSR count). The van der Waals surface area contributed by atoms with Gasteiger partial charge in [-0.2, -0.15) is 0 Å². The van der Waals surface area contributed by atoms with E-state index in [0.29, 0.717) is 6.10 Å². The van der Waals surface area contributed by atoms with E-state index >= 15 is 0 Å². The molecule has 0 radical (unpaired) electrons. The van der Waals surface area contributed by atoms with Crippen LogP contribution in [-0.4, -0.2) is 12.7 Å². The van der Waals surface area contributed by atoms with Gasteiger partial charge in [-0.3, -0.25) is 0 Å². The standard InChI is InChI=1S/C25H44O/c1-20-5-9-22(10-6-20)4-3-19-26-25-17-15-24(16-18-25)14-13-23-11-7-21(2)8-12-23/h21-25H,1,3-19H2,2H3. The molecule has 1 nitrogen and oxygen atoms in total. The number of rotatable bonds is 8. The van der Waals surface area contributed by atoms with Crippen LogP contribution in [0.15, 0.2) is 12.2 Å². The fourth-order valence-corrected chi connectivity index (χ4v) is 5.67. The Hall–Kier alpha value is -0.300. The molecule has 0 saturated heterocycles. The van der Waals surface area contributed by atoms with E-state index in [1.165, 1.54) is 108 Å². The molecule has 0 aliphatic heterocycles. The van der Waals surface area contributed by atoms with E-state index in [9.17, 15) is 0 Å². The quantitative estimate of drug-likeness (QED) is 0.318. The van der Waals surface area contributed by atoms with Crippen LogP contribution in [0.1, 0.15) is 110 Å². The van der Waals surface area contributed by atoms with Gasteiger partial charge in [-0.15, -0.1) is 0 Å². The van der Waals surface area contributed by atoms with E-state index in [1.54, 1.807) is 0 Å². The highest BCUT2D eigenvalue weighted by atomic mass is 16.5. The van der Waals surface area contributed by atoms with Crippen molar-refractivity contribution in [3.8, 4) is 0 Å². The van der Waals surface area contributed by atoms with Crippen LogP contribution in [0.3, 0.4) is 0 Å². The van der Waals surface area contributed by atoms with E-state index in [-0.39, 0.29) is 0 Å². The lowest BCUT2D eigenvalue weighted by atomic mass is 9.77. The molecule has 0 atom stereocenters. The molecule has 0 N–H and O–H groups in total. The summed E-state index contributed by atoms with van der Waals surface area (Å²) < 4.78 is 6.23. The summed E-state index contributed by atoms with van der Waals surface area (Å²) in [6.45, 7) is 7.57. The minimum absolute atomic E-state index is 0.577. The number of allylic oxidation sites excluding steroid dienone is 1. The van der Waals surface area contributed by atoms with E-state index < -0.39 is 0 Å². The largest absolute Gasteiger partial charge is 0.378 e. The van der Waals surface area contributed by atoms with Gasteiger partial charge >= 0.3 is 0 Å². The summed E-state index contributed by atoms with van der Waals surface area (Å²) in [5, 5.41) is 0. The third kappa shape index (κ3) is 7.02. The normalized spacial score (nSPS) is 34.1. The van der Waals surface area contributed by atoms with Crippen molar-refractivity contribution in [3.05, 3.63) is 12.2 Å². The van der Waals surface area contributed by atoms with Gasteiger partial charge in [0.05, 0.1) is 6.10 Å². The highest BCUT2D eigenvalue weighted by Crippen LogP contribution is 2.36. The van der Waals surface area contributed by atoms with Crippen LogP contribution in [0, 0.1) is 23.7 Å². The van der Waals surface area contributed by atoms with Crippen molar-refractivity contribution in [2.24, 2.45) is 23.7 Å². The summed E-state index contributed by atoms with van der Waals surface area (Å²) in [7, 11) is 0. The smallest absolute Gasteiger partial charge is 0.0575 e. The first-order valence-corrected chi connectivity index (χ1v) is 12.0. The monoisotopic (exact) mass is 360 g/mol. The number of hydrogen-bond donors (Lipinski definition) is 0. The molecule has 3 aliphatic carbocycles. The number of ether oxygens (including phenoxy) is 1. The summed E-state index contributed by atoms with van der Waals surface area (Å²) in [5.74, 6) is 4.00. The predicted octanol–water partition coefficient (Wildman–Crippen LogP) is 7.69. The van der Waals surface area contributed by atoms with Gasteiger partial charge in [-0.05, 0) is 87.9 Å². The molecule has 3 fully saturated rings. The molecule has 0 spiro atoms. The van der Waals surface area contributed by atoms with Crippen molar-refractivity contribution in [1.29, 1.82) is 0 Å². The lowest BCUT2D eigenvalue weighted by Gasteiger charge is -2.31. The third-order valence-corrected chi connectivity index (χ3v) is 7.83. The Labute approximate surface area is 163 Å². The van der Waals surface area contributed by atoms with Crippen molar-refractivity contribution in [2.45, 2.75) is 116 Å². The summed E-state index contributed by atoms with van der Waals surface area (Å²) in [5.41, 5.74) is 1.48. The van der Waals surface area contributed by atoms with Gasteiger partial charge in [0.25, 0.3) is 0 Å². The Kier molecular flexibility index (Phi) is 8.56.